The standard InChI is InChI=1S/C13H16F6N4O2/c14-12(15,16)10(24)21-4-1-3-9-20-6-8-23(9)7-2-5-22-11(25)13(17,18)19/h6,8H,1-5,7H2,(H,21,24)(H,22,25). The lowest BCUT2D eigenvalue weighted by Crippen LogP contribution is -2.37. The van der Waals surface area contributed by atoms with Crippen molar-refractivity contribution in [2.45, 2.75) is 38.2 Å². The van der Waals surface area contributed by atoms with Crippen LogP contribution in [0.1, 0.15) is 18.7 Å². The summed E-state index contributed by atoms with van der Waals surface area (Å²) in [5.74, 6) is -3.52. The molecule has 0 aliphatic heterocycles. The number of imidazole rings is 1. The first-order chi connectivity index (χ1) is 11.5. The summed E-state index contributed by atoms with van der Waals surface area (Å²) in [7, 11) is 0. The number of carbonyl (C=O) groups excluding carboxylic acids is 2. The molecule has 6 nitrogen and oxygen atoms in total. The van der Waals surface area contributed by atoms with E-state index in [9.17, 15) is 35.9 Å². The van der Waals surface area contributed by atoms with Crippen molar-refractivity contribution in [3.8, 4) is 0 Å². The van der Waals surface area contributed by atoms with Gasteiger partial charge < -0.3 is 15.2 Å². The van der Waals surface area contributed by atoms with Gasteiger partial charge in [-0.1, -0.05) is 0 Å². The first-order valence-electron chi connectivity index (χ1n) is 7.22. The quantitative estimate of drug-likeness (QED) is 0.536. The molecule has 1 aromatic heterocycles. The van der Waals surface area contributed by atoms with Crippen LogP contribution in [0.4, 0.5) is 26.3 Å². The van der Waals surface area contributed by atoms with Crippen molar-refractivity contribution in [3.05, 3.63) is 18.2 Å². The second kappa shape index (κ2) is 8.72. The summed E-state index contributed by atoms with van der Waals surface area (Å²) in [5, 5.41) is 3.46. The van der Waals surface area contributed by atoms with E-state index < -0.39 is 24.2 Å². The van der Waals surface area contributed by atoms with Crippen molar-refractivity contribution in [2.75, 3.05) is 13.1 Å². The fourth-order valence-corrected chi connectivity index (χ4v) is 1.87. The van der Waals surface area contributed by atoms with Crippen molar-refractivity contribution in [2.24, 2.45) is 0 Å². The van der Waals surface area contributed by atoms with Crippen LogP contribution in [-0.2, 0) is 22.6 Å². The van der Waals surface area contributed by atoms with E-state index in [4.69, 9.17) is 0 Å². The SMILES string of the molecule is O=C(NCCCc1nccn1CCCNC(=O)C(F)(F)F)C(F)(F)F. The Labute approximate surface area is 138 Å². The molecule has 0 bridgehead atoms. The Morgan fingerprint density at radius 2 is 1.48 bits per heavy atom. The maximum atomic E-state index is 12.0. The number of amides is 2. The lowest BCUT2D eigenvalue weighted by Gasteiger charge is -2.10. The smallest absolute Gasteiger partial charge is 0.348 e. The first kappa shape index (κ1) is 20.8. The molecule has 2 N–H and O–H groups in total. The van der Waals surface area contributed by atoms with E-state index in [-0.39, 0.29) is 38.9 Å². The van der Waals surface area contributed by atoms with Gasteiger partial charge in [-0.25, -0.2) is 4.98 Å². The minimum atomic E-state index is -4.93. The molecule has 1 aromatic rings. The molecule has 142 valence electrons. The van der Waals surface area contributed by atoms with E-state index in [0.29, 0.717) is 5.82 Å². The number of hydrogen-bond donors (Lipinski definition) is 2. The summed E-state index contributed by atoms with van der Waals surface area (Å²) in [6.07, 6.45) is -6.15. The molecular formula is C13H16F6N4O2. The van der Waals surface area contributed by atoms with E-state index in [2.05, 4.69) is 4.98 Å². The van der Waals surface area contributed by atoms with Gasteiger partial charge in [0.2, 0.25) is 0 Å². The average molecular weight is 374 g/mol. The Balaban J connectivity index is 2.30. The summed E-state index contributed by atoms with van der Waals surface area (Å²) in [5.41, 5.74) is 0. The van der Waals surface area contributed by atoms with Crippen molar-refractivity contribution in [1.29, 1.82) is 0 Å². The average Bonchev–Trinajstić information content (AvgIpc) is 2.93. The van der Waals surface area contributed by atoms with Gasteiger partial charge in [-0.2, -0.15) is 26.3 Å². The Morgan fingerprint density at radius 1 is 0.960 bits per heavy atom. The van der Waals surface area contributed by atoms with Gasteiger partial charge in [0, 0.05) is 38.4 Å². The van der Waals surface area contributed by atoms with Crippen LogP contribution in [-0.4, -0.2) is 46.8 Å². The van der Waals surface area contributed by atoms with Crippen molar-refractivity contribution >= 4 is 11.8 Å². The van der Waals surface area contributed by atoms with Gasteiger partial charge in [0.05, 0.1) is 0 Å². The topological polar surface area (TPSA) is 76.0 Å². The lowest BCUT2D eigenvalue weighted by atomic mass is 10.3. The van der Waals surface area contributed by atoms with E-state index in [0.717, 1.165) is 0 Å². The number of aryl methyl sites for hydroxylation is 2. The molecule has 0 radical (unpaired) electrons. The zero-order chi connectivity index (χ0) is 19.1. The first-order valence-corrected chi connectivity index (χ1v) is 7.22. The highest BCUT2D eigenvalue weighted by molar-refractivity contribution is 5.81. The van der Waals surface area contributed by atoms with Crippen molar-refractivity contribution < 1.29 is 35.9 Å². The predicted molar refractivity (Wildman–Crippen MR) is 73.3 cm³/mol. The van der Waals surface area contributed by atoms with Crippen LogP contribution in [0.3, 0.4) is 0 Å². The summed E-state index contributed by atoms with van der Waals surface area (Å²) < 4.78 is 73.6. The Bertz CT molecular complexity index is 533. The van der Waals surface area contributed by atoms with Crippen molar-refractivity contribution in [1.82, 2.24) is 20.2 Å². The lowest BCUT2D eigenvalue weighted by molar-refractivity contribution is -0.173. The largest absolute Gasteiger partial charge is 0.471 e. The third-order valence-electron chi connectivity index (χ3n) is 3.04. The predicted octanol–water partition coefficient (Wildman–Crippen LogP) is 1.56. The third kappa shape index (κ3) is 7.44. The molecule has 0 unspecified atom stereocenters. The highest BCUT2D eigenvalue weighted by Gasteiger charge is 2.38. The molecule has 12 heteroatoms. The monoisotopic (exact) mass is 374 g/mol. The number of aromatic nitrogens is 2. The Kier molecular flexibility index (Phi) is 7.24. The Morgan fingerprint density at radius 3 is 2.00 bits per heavy atom. The highest BCUT2D eigenvalue weighted by Crippen LogP contribution is 2.14. The van der Waals surface area contributed by atoms with Gasteiger partial charge in [0.1, 0.15) is 5.82 Å². The molecule has 25 heavy (non-hydrogen) atoms. The second-order valence-corrected chi connectivity index (χ2v) is 5.00. The molecule has 0 atom stereocenters. The molecule has 0 aromatic carbocycles. The van der Waals surface area contributed by atoms with Crippen LogP contribution in [0.25, 0.3) is 0 Å². The van der Waals surface area contributed by atoms with Gasteiger partial charge in [-0.05, 0) is 12.8 Å². The van der Waals surface area contributed by atoms with Crippen LogP contribution >= 0.6 is 0 Å². The van der Waals surface area contributed by atoms with Crippen LogP contribution in [0.2, 0.25) is 0 Å². The second-order valence-electron chi connectivity index (χ2n) is 5.00. The summed E-state index contributed by atoms with van der Waals surface area (Å²) in [4.78, 5) is 25.2. The van der Waals surface area contributed by atoms with Gasteiger partial charge in [0.25, 0.3) is 0 Å². The number of carbonyl (C=O) groups is 2. The third-order valence-corrected chi connectivity index (χ3v) is 3.04. The fraction of sp³-hybridized carbons (Fsp3) is 0.615. The van der Waals surface area contributed by atoms with E-state index in [1.807, 2.05) is 0 Å². The molecule has 0 saturated heterocycles. The van der Waals surface area contributed by atoms with Crippen molar-refractivity contribution in [3.63, 3.8) is 0 Å². The minimum Gasteiger partial charge on any atom is -0.348 e. The molecule has 0 spiro atoms. The van der Waals surface area contributed by atoms with E-state index in [1.165, 1.54) is 6.20 Å². The molecule has 0 aliphatic carbocycles. The van der Waals surface area contributed by atoms with Gasteiger partial charge >= 0.3 is 24.2 Å². The zero-order valence-electron chi connectivity index (χ0n) is 12.9. The van der Waals surface area contributed by atoms with Gasteiger partial charge in [0.15, 0.2) is 0 Å². The molecule has 1 heterocycles. The summed E-state index contributed by atoms with van der Waals surface area (Å²) in [6.45, 7) is -0.0904. The van der Waals surface area contributed by atoms with Crippen LogP contribution in [0, 0.1) is 0 Å². The molecule has 0 aliphatic rings. The summed E-state index contributed by atoms with van der Waals surface area (Å²) in [6, 6.07) is 0. The van der Waals surface area contributed by atoms with Crippen LogP contribution in [0.15, 0.2) is 12.4 Å². The Hall–Kier alpha value is -2.27. The number of nitrogens with one attached hydrogen (secondary N) is 2. The fourth-order valence-electron chi connectivity index (χ4n) is 1.87. The zero-order valence-corrected chi connectivity index (χ0v) is 12.9. The van der Waals surface area contributed by atoms with Gasteiger partial charge in [-0.15, -0.1) is 0 Å². The normalized spacial score (nSPS) is 12.1. The number of rotatable bonds is 8. The highest BCUT2D eigenvalue weighted by atomic mass is 19.4. The molecule has 1 rings (SSSR count). The van der Waals surface area contributed by atoms with E-state index in [1.54, 1.807) is 21.4 Å². The maximum Gasteiger partial charge on any atom is 0.471 e. The maximum absolute atomic E-state index is 12.0. The number of alkyl halides is 6. The van der Waals surface area contributed by atoms with Gasteiger partial charge in [-0.3, -0.25) is 9.59 Å². The molecule has 0 fully saturated rings. The van der Waals surface area contributed by atoms with Crippen LogP contribution < -0.4 is 10.6 Å². The number of nitrogens with zero attached hydrogens (tertiary/aromatic N) is 2. The molecule has 0 saturated carbocycles. The number of hydrogen-bond acceptors (Lipinski definition) is 3. The molecule has 2 amide bonds. The van der Waals surface area contributed by atoms with Crippen LogP contribution in [0.5, 0.6) is 0 Å². The number of halogens is 6. The minimum absolute atomic E-state index is 0.183. The van der Waals surface area contributed by atoms with E-state index >= 15 is 0 Å². The molecular weight excluding hydrogens is 358 g/mol. The summed E-state index contributed by atoms with van der Waals surface area (Å²) >= 11 is 0.